The molecule has 0 saturated heterocycles. The molecule has 33 heavy (non-hydrogen) atoms. The molecule has 0 spiro atoms. The second-order valence-corrected chi connectivity index (χ2v) is 12.5. The van der Waals surface area contributed by atoms with Crippen LogP contribution < -0.4 is 5.32 Å². The SMILES string of the molecule is CC(C)(C)OC(=O)C1CCC(C(=O)NC2(C#N)CC2)CC(S(=O)(=O)c2ccc(F)cc2Cl)C1. The first-order valence-electron chi connectivity index (χ1n) is 10.9. The van der Waals surface area contributed by atoms with Crippen molar-refractivity contribution in [2.24, 2.45) is 11.8 Å². The van der Waals surface area contributed by atoms with E-state index in [1.54, 1.807) is 20.8 Å². The molecule has 0 radical (unpaired) electrons. The largest absolute Gasteiger partial charge is 0.460 e. The number of carbonyl (C=O) groups excluding carboxylic acids is 2. The van der Waals surface area contributed by atoms with Crippen molar-refractivity contribution in [1.82, 2.24) is 5.32 Å². The van der Waals surface area contributed by atoms with E-state index in [0.717, 1.165) is 18.2 Å². The number of benzene rings is 1. The van der Waals surface area contributed by atoms with Crippen LogP contribution in [0.3, 0.4) is 0 Å². The van der Waals surface area contributed by atoms with E-state index in [-0.39, 0.29) is 35.6 Å². The minimum Gasteiger partial charge on any atom is -0.460 e. The molecule has 2 saturated carbocycles. The van der Waals surface area contributed by atoms with Gasteiger partial charge in [-0.05, 0) is 77.5 Å². The normalized spacial score (nSPS) is 24.8. The van der Waals surface area contributed by atoms with E-state index < -0.39 is 55.8 Å². The summed E-state index contributed by atoms with van der Waals surface area (Å²) in [5.41, 5.74) is -1.64. The van der Waals surface area contributed by atoms with Crippen LogP contribution in [0, 0.1) is 29.0 Å². The first kappa shape index (κ1) is 25.4. The number of rotatable bonds is 5. The Morgan fingerprint density at radius 2 is 1.82 bits per heavy atom. The molecule has 1 amide bonds. The Labute approximate surface area is 198 Å². The Morgan fingerprint density at radius 3 is 2.36 bits per heavy atom. The van der Waals surface area contributed by atoms with Gasteiger partial charge in [-0.15, -0.1) is 0 Å². The number of esters is 1. The second-order valence-electron chi connectivity index (χ2n) is 9.90. The molecule has 1 aromatic carbocycles. The minimum absolute atomic E-state index is 0.0390. The van der Waals surface area contributed by atoms with Crippen LogP contribution >= 0.6 is 11.6 Å². The van der Waals surface area contributed by atoms with Gasteiger partial charge in [0.1, 0.15) is 17.0 Å². The molecular formula is C23H28ClFN2O5S. The van der Waals surface area contributed by atoms with Crippen molar-refractivity contribution >= 4 is 33.3 Å². The second kappa shape index (κ2) is 9.22. The topological polar surface area (TPSA) is 113 Å². The predicted octanol–water partition coefficient (Wildman–Crippen LogP) is 3.94. The van der Waals surface area contributed by atoms with Gasteiger partial charge in [0.15, 0.2) is 9.84 Å². The van der Waals surface area contributed by atoms with E-state index in [4.69, 9.17) is 16.3 Å². The van der Waals surface area contributed by atoms with Crippen LogP contribution in [-0.4, -0.2) is 36.7 Å². The standard InChI is InChI=1S/C23H28ClFN2O5S/c1-22(2,3)32-21(29)15-5-4-14(20(28)27-23(13-26)8-9-23)10-17(11-15)33(30,31)19-7-6-16(25)12-18(19)24/h6-7,12,14-15,17H,4-5,8-11H2,1-3H3,(H,27,28). The lowest BCUT2D eigenvalue weighted by Gasteiger charge is -2.25. The molecule has 0 aromatic heterocycles. The Hall–Kier alpha value is -2.18. The van der Waals surface area contributed by atoms with Gasteiger partial charge in [0.05, 0.1) is 27.2 Å². The summed E-state index contributed by atoms with van der Waals surface area (Å²) in [7, 11) is -4.09. The monoisotopic (exact) mass is 498 g/mol. The first-order chi connectivity index (χ1) is 15.3. The summed E-state index contributed by atoms with van der Waals surface area (Å²) in [5.74, 6) is -3.03. The highest BCUT2D eigenvalue weighted by Gasteiger charge is 2.47. The van der Waals surface area contributed by atoms with Crippen molar-refractivity contribution in [3.8, 4) is 6.07 Å². The molecule has 1 N–H and O–H groups in total. The Balaban J connectivity index is 1.92. The number of carbonyl (C=O) groups is 2. The molecule has 1 aromatic rings. The van der Waals surface area contributed by atoms with Gasteiger partial charge >= 0.3 is 5.97 Å². The highest BCUT2D eigenvalue weighted by atomic mass is 35.5. The smallest absolute Gasteiger partial charge is 0.309 e. The fraction of sp³-hybridized carbons (Fsp3) is 0.609. The average Bonchev–Trinajstić information content (AvgIpc) is 3.49. The van der Waals surface area contributed by atoms with Gasteiger partial charge in [-0.2, -0.15) is 5.26 Å². The summed E-state index contributed by atoms with van der Waals surface area (Å²) in [4.78, 5) is 25.5. The van der Waals surface area contributed by atoms with Crippen LogP contribution in [0.25, 0.3) is 0 Å². The summed E-state index contributed by atoms with van der Waals surface area (Å²) in [6.07, 6.45) is 1.57. The van der Waals surface area contributed by atoms with Crippen molar-refractivity contribution in [2.45, 2.75) is 80.6 Å². The van der Waals surface area contributed by atoms with Gasteiger partial charge in [0.25, 0.3) is 0 Å². The molecule has 0 heterocycles. The molecule has 0 bridgehead atoms. The highest BCUT2D eigenvalue weighted by Crippen LogP contribution is 2.39. The number of ether oxygens (including phenoxy) is 1. The van der Waals surface area contributed by atoms with Gasteiger partial charge in [-0.3, -0.25) is 9.59 Å². The van der Waals surface area contributed by atoms with Crippen molar-refractivity contribution < 1.29 is 27.1 Å². The molecule has 0 aliphatic heterocycles. The minimum atomic E-state index is -4.09. The van der Waals surface area contributed by atoms with Crippen LogP contribution in [0.4, 0.5) is 4.39 Å². The predicted molar refractivity (Wildman–Crippen MR) is 119 cm³/mol. The zero-order chi connectivity index (χ0) is 24.6. The molecule has 3 unspecified atom stereocenters. The van der Waals surface area contributed by atoms with Gasteiger partial charge in [0.2, 0.25) is 5.91 Å². The zero-order valence-electron chi connectivity index (χ0n) is 18.9. The van der Waals surface area contributed by atoms with Crippen LogP contribution in [-0.2, 0) is 24.2 Å². The molecular weight excluding hydrogens is 471 g/mol. The molecule has 180 valence electrons. The number of nitrogens with zero attached hydrogens (tertiary/aromatic N) is 1. The summed E-state index contributed by atoms with van der Waals surface area (Å²) in [6, 6.07) is 5.12. The van der Waals surface area contributed by atoms with Crippen LogP contribution in [0.1, 0.15) is 59.3 Å². The number of hydrogen-bond acceptors (Lipinski definition) is 6. The quantitative estimate of drug-likeness (QED) is 0.373. The van der Waals surface area contributed by atoms with E-state index in [2.05, 4.69) is 11.4 Å². The molecule has 3 atom stereocenters. The maximum atomic E-state index is 13.5. The number of sulfone groups is 1. The van der Waals surface area contributed by atoms with E-state index >= 15 is 0 Å². The molecule has 2 aliphatic rings. The maximum Gasteiger partial charge on any atom is 0.309 e. The molecule has 2 aliphatic carbocycles. The van der Waals surface area contributed by atoms with Crippen molar-refractivity contribution in [3.63, 3.8) is 0 Å². The van der Waals surface area contributed by atoms with Gasteiger partial charge in [-0.25, -0.2) is 12.8 Å². The summed E-state index contributed by atoms with van der Waals surface area (Å²) in [5, 5.41) is 10.7. The lowest BCUT2D eigenvalue weighted by Crippen LogP contribution is -2.41. The van der Waals surface area contributed by atoms with Crippen LogP contribution in [0.5, 0.6) is 0 Å². The van der Waals surface area contributed by atoms with Gasteiger partial charge < -0.3 is 10.1 Å². The van der Waals surface area contributed by atoms with Gasteiger partial charge in [0, 0.05) is 5.92 Å². The summed E-state index contributed by atoms with van der Waals surface area (Å²) in [6.45, 7) is 5.17. The molecule has 10 heteroatoms. The van der Waals surface area contributed by atoms with Gasteiger partial charge in [-0.1, -0.05) is 11.6 Å². The summed E-state index contributed by atoms with van der Waals surface area (Å²) < 4.78 is 46.0. The average molecular weight is 499 g/mol. The number of hydrogen-bond donors (Lipinski definition) is 1. The molecule has 3 rings (SSSR count). The summed E-state index contributed by atoms with van der Waals surface area (Å²) >= 11 is 6.05. The van der Waals surface area contributed by atoms with E-state index in [9.17, 15) is 27.7 Å². The van der Waals surface area contributed by atoms with Crippen molar-refractivity contribution in [3.05, 3.63) is 29.0 Å². The third kappa shape index (κ3) is 6.04. The number of amides is 1. The maximum absolute atomic E-state index is 13.5. The first-order valence-corrected chi connectivity index (χ1v) is 12.8. The van der Waals surface area contributed by atoms with E-state index in [0.29, 0.717) is 12.8 Å². The van der Waals surface area contributed by atoms with Crippen molar-refractivity contribution in [1.29, 1.82) is 5.26 Å². The van der Waals surface area contributed by atoms with Crippen molar-refractivity contribution in [2.75, 3.05) is 0 Å². The number of nitriles is 1. The lowest BCUT2D eigenvalue weighted by molar-refractivity contribution is -0.160. The fourth-order valence-electron chi connectivity index (χ4n) is 4.07. The molecule has 2 fully saturated rings. The van der Waals surface area contributed by atoms with E-state index in [1.165, 1.54) is 0 Å². The third-order valence-corrected chi connectivity index (χ3v) is 8.69. The Kier molecular flexibility index (Phi) is 7.11. The Bertz CT molecular complexity index is 1090. The van der Waals surface area contributed by atoms with Crippen LogP contribution in [0.15, 0.2) is 23.1 Å². The zero-order valence-corrected chi connectivity index (χ0v) is 20.4. The molecule has 7 nitrogen and oxygen atoms in total. The third-order valence-electron chi connectivity index (χ3n) is 6.04. The fourth-order valence-corrected chi connectivity index (χ4v) is 6.48. The van der Waals surface area contributed by atoms with Crippen LogP contribution in [0.2, 0.25) is 5.02 Å². The van der Waals surface area contributed by atoms with E-state index in [1.807, 2.05) is 0 Å². The number of nitrogens with one attached hydrogen (secondary N) is 1. The number of halogens is 2. The highest BCUT2D eigenvalue weighted by molar-refractivity contribution is 7.92. The lowest BCUT2D eigenvalue weighted by atomic mass is 9.97. The Morgan fingerprint density at radius 1 is 1.21 bits per heavy atom.